The molecule has 0 saturated carbocycles. The first kappa shape index (κ1) is 35.1. The summed E-state index contributed by atoms with van der Waals surface area (Å²) in [4.78, 5) is 60.5. The minimum atomic E-state index is -1.59. The van der Waals surface area contributed by atoms with Gasteiger partial charge in [-0.3, -0.25) is 19.4 Å². The summed E-state index contributed by atoms with van der Waals surface area (Å²) in [5, 5.41) is 22.0. The highest BCUT2D eigenvalue weighted by atomic mass is 16.6. The average molecular weight is 725 g/mol. The molecule has 5 aliphatic rings. The molecular weight excluding hydrogens is 680 g/mol. The van der Waals surface area contributed by atoms with Crippen LogP contribution in [0.3, 0.4) is 0 Å². The number of carbonyl (C=O) groups is 4. The van der Waals surface area contributed by atoms with Crippen molar-refractivity contribution >= 4 is 41.1 Å². The Morgan fingerprint density at radius 2 is 1.55 bits per heavy atom. The number of hydrogen-bond acceptors (Lipinski definition) is 9. The van der Waals surface area contributed by atoms with E-state index in [1.54, 1.807) is 40.7 Å². The van der Waals surface area contributed by atoms with Gasteiger partial charge in [-0.1, -0.05) is 43.3 Å². The average Bonchev–Trinajstić information content (AvgIpc) is 3.90. The van der Waals surface area contributed by atoms with Gasteiger partial charge in [-0.15, -0.1) is 0 Å². The quantitative estimate of drug-likeness (QED) is 0.350. The van der Waals surface area contributed by atoms with E-state index in [2.05, 4.69) is 0 Å². The molecule has 13 heteroatoms. The summed E-state index contributed by atoms with van der Waals surface area (Å²) in [5.41, 5.74) is 2.36. The molecule has 13 nitrogen and oxygen atoms in total. The summed E-state index contributed by atoms with van der Waals surface area (Å²) in [6.07, 6.45) is -1.34. The zero-order valence-electron chi connectivity index (χ0n) is 30.1. The molecule has 1 spiro atoms. The van der Waals surface area contributed by atoms with Gasteiger partial charge in [-0.05, 0) is 67.3 Å². The maximum Gasteiger partial charge on any atom is 0.414 e. The van der Waals surface area contributed by atoms with Crippen molar-refractivity contribution in [2.45, 2.75) is 70.1 Å². The van der Waals surface area contributed by atoms with E-state index in [0.29, 0.717) is 55.3 Å². The summed E-state index contributed by atoms with van der Waals surface area (Å²) in [6, 6.07) is 20.2. The fourth-order valence-electron chi connectivity index (χ4n) is 9.14. The molecule has 5 atom stereocenters. The van der Waals surface area contributed by atoms with Gasteiger partial charge in [0.05, 0.1) is 56.1 Å². The van der Waals surface area contributed by atoms with E-state index in [1.807, 2.05) is 61.5 Å². The highest BCUT2D eigenvalue weighted by molar-refractivity contribution is 6.08. The molecule has 3 aromatic rings. The van der Waals surface area contributed by atoms with Crippen LogP contribution in [0.5, 0.6) is 0 Å². The van der Waals surface area contributed by atoms with E-state index in [1.165, 1.54) is 4.90 Å². The molecule has 5 heterocycles. The van der Waals surface area contributed by atoms with Gasteiger partial charge in [0.25, 0.3) is 5.91 Å². The first-order valence-corrected chi connectivity index (χ1v) is 18.2. The summed E-state index contributed by atoms with van der Waals surface area (Å²) < 4.78 is 17.3. The van der Waals surface area contributed by atoms with E-state index in [-0.39, 0.29) is 38.0 Å². The van der Waals surface area contributed by atoms with Crippen molar-refractivity contribution in [3.63, 3.8) is 0 Å². The Bertz CT molecular complexity index is 1960. The van der Waals surface area contributed by atoms with Crippen molar-refractivity contribution in [3.8, 4) is 0 Å². The van der Waals surface area contributed by atoms with E-state index in [4.69, 9.17) is 14.2 Å². The molecule has 0 radical (unpaired) electrons. The molecule has 3 fully saturated rings. The Hall–Kier alpha value is -4.98. The third-order valence-corrected chi connectivity index (χ3v) is 11.7. The van der Waals surface area contributed by atoms with E-state index in [9.17, 15) is 24.6 Å². The number of benzene rings is 3. The molecule has 0 aliphatic carbocycles. The predicted molar refractivity (Wildman–Crippen MR) is 193 cm³/mol. The number of hydrogen-bond donors (Lipinski definition) is 2. The molecule has 53 heavy (non-hydrogen) atoms. The fraction of sp³-hybridized carbons (Fsp3) is 0.450. The summed E-state index contributed by atoms with van der Waals surface area (Å²) in [5.74, 6) is -1.82. The molecule has 8 rings (SSSR count). The minimum absolute atomic E-state index is 0.111. The maximum absolute atomic E-state index is 15.1. The summed E-state index contributed by atoms with van der Waals surface area (Å²) >= 11 is 0. The van der Waals surface area contributed by atoms with Crippen LogP contribution < -0.4 is 14.7 Å². The lowest BCUT2D eigenvalue weighted by Crippen LogP contribution is -2.48. The van der Waals surface area contributed by atoms with Crippen molar-refractivity contribution in [3.05, 3.63) is 89.0 Å². The number of carbonyl (C=O) groups excluding carboxylic acids is 4. The number of ether oxygens (including phenoxy) is 3. The smallest absolute Gasteiger partial charge is 0.414 e. The Morgan fingerprint density at radius 3 is 2.17 bits per heavy atom. The maximum atomic E-state index is 15.1. The third kappa shape index (κ3) is 5.81. The zero-order chi connectivity index (χ0) is 37.2. The largest absolute Gasteiger partial charge is 0.447 e. The molecule has 0 bridgehead atoms. The minimum Gasteiger partial charge on any atom is -0.447 e. The zero-order valence-corrected chi connectivity index (χ0v) is 30.1. The van der Waals surface area contributed by atoms with Gasteiger partial charge in [-0.2, -0.15) is 0 Å². The number of rotatable bonds is 8. The second-order valence-electron chi connectivity index (χ2n) is 15.2. The van der Waals surface area contributed by atoms with Crippen LogP contribution >= 0.6 is 0 Å². The van der Waals surface area contributed by atoms with Crippen LogP contribution in [-0.4, -0.2) is 89.8 Å². The van der Waals surface area contributed by atoms with Crippen LogP contribution in [0, 0.1) is 11.8 Å². The number of anilines is 3. The summed E-state index contributed by atoms with van der Waals surface area (Å²) in [6.45, 7) is 6.92. The Kier molecular flexibility index (Phi) is 8.70. The summed E-state index contributed by atoms with van der Waals surface area (Å²) in [7, 11) is 0. The lowest BCUT2D eigenvalue weighted by Gasteiger charge is -2.38. The fourth-order valence-corrected chi connectivity index (χ4v) is 9.14. The highest BCUT2D eigenvalue weighted by Crippen LogP contribution is 2.58. The van der Waals surface area contributed by atoms with Gasteiger partial charge in [0.1, 0.15) is 13.2 Å². The standard InChI is InChI=1S/C40H44N4O9/c1-24-35(39(2,3)50)33(20-34(46)43-22-27-7-5-4-6-26(27)18-30(43)23-45)53-40(24)31-19-29(42-15-17-52-38(42)49)12-13-32(31)44(36(40)47)21-25-8-10-28(11-9-25)41-14-16-51-37(41)48/h4-13,19,24,30,33,35,45,50H,14-18,20-23H2,1-3H3/t24-,30-,33+,35-,40+/m0/s1. The topological polar surface area (TPSA) is 149 Å². The number of aliphatic hydroxyl groups excluding tert-OH is 1. The van der Waals surface area contributed by atoms with Crippen LogP contribution in [-0.2, 0) is 48.9 Å². The first-order valence-electron chi connectivity index (χ1n) is 18.2. The molecule has 0 unspecified atom stereocenters. The van der Waals surface area contributed by atoms with Crippen molar-refractivity contribution in [2.75, 3.05) is 47.6 Å². The van der Waals surface area contributed by atoms with Crippen LogP contribution in [0.15, 0.2) is 66.7 Å². The number of fused-ring (bicyclic) bond motifs is 3. The molecular formula is C40H44N4O9. The molecule has 0 aromatic heterocycles. The molecule has 278 valence electrons. The van der Waals surface area contributed by atoms with Gasteiger partial charge < -0.3 is 34.2 Å². The van der Waals surface area contributed by atoms with Crippen LogP contribution in [0.25, 0.3) is 0 Å². The SMILES string of the molecule is C[C@H]1[C@H](C(C)(C)O)[C@@H](CC(=O)N2Cc3ccccc3C[C@H]2CO)O[C@]12C(=O)N(Cc1ccc(N3CCOC3=O)cc1)c1ccc(N3CCOC3=O)cc12. The molecule has 4 amide bonds. The monoisotopic (exact) mass is 724 g/mol. The van der Waals surface area contributed by atoms with Crippen molar-refractivity contribution in [1.82, 2.24) is 4.90 Å². The van der Waals surface area contributed by atoms with E-state index < -0.39 is 47.4 Å². The Labute approximate surface area is 307 Å². The van der Waals surface area contributed by atoms with Gasteiger partial charge in [0.2, 0.25) is 5.91 Å². The molecule has 3 aromatic carbocycles. The molecule has 2 N–H and O–H groups in total. The Morgan fingerprint density at radius 1 is 0.906 bits per heavy atom. The number of cyclic esters (lactones) is 2. The third-order valence-electron chi connectivity index (χ3n) is 11.7. The number of aliphatic hydroxyl groups is 2. The highest BCUT2D eigenvalue weighted by Gasteiger charge is 2.66. The van der Waals surface area contributed by atoms with Crippen molar-refractivity contribution in [2.24, 2.45) is 11.8 Å². The van der Waals surface area contributed by atoms with Gasteiger partial charge in [0.15, 0.2) is 5.60 Å². The number of amides is 4. The van der Waals surface area contributed by atoms with Gasteiger partial charge in [-0.25, -0.2) is 9.59 Å². The van der Waals surface area contributed by atoms with Gasteiger partial charge >= 0.3 is 12.2 Å². The van der Waals surface area contributed by atoms with Crippen LogP contribution in [0.2, 0.25) is 0 Å². The molecule has 5 aliphatic heterocycles. The predicted octanol–water partition coefficient (Wildman–Crippen LogP) is 4.10. The first-order chi connectivity index (χ1) is 25.4. The second-order valence-corrected chi connectivity index (χ2v) is 15.2. The second kappa shape index (κ2) is 13.2. The van der Waals surface area contributed by atoms with Crippen LogP contribution in [0.4, 0.5) is 26.7 Å². The lowest BCUT2D eigenvalue weighted by atomic mass is 9.70. The van der Waals surface area contributed by atoms with Crippen molar-refractivity contribution < 1.29 is 43.6 Å². The van der Waals surface area contributed by atoms with Crippen LogP contribution in [0.1, 0.15) is 49.4 Å². The van der Waals surface area contributed by atoms with Gasteiger partial charge in [0, 0.05) is 35.3 Å². The molecule has 3 saturated heterocycles. The lowest BCUT2D eigenvalue weighted by molar-refractivity contribution is -0.151. The van der Waals surface area contributed by atoms with Crippen molar-refractivity contribution in [1.29, 1.82) is 0 Å². The Balaban J connectivity index is 1.15. The number of nitrogens with zero attached hydrogens (tertiary/aromatic N) is 4. The van der Waals surface area contributed by atoms with E-state index in [0.717, 1.165) is 16.7 Å². The normalized spacial score (nSPS) is 26.7. The van der Waals surface area contributed by atoms with E-state index >= 15 is 4.79 Å².